The average Bonchev–Trinajstić information content (AvgIpc) is 2.91. The highest BCUT2D eigenvalue weighted by atomic mass is 32.2. The van der Waals surface area contributed by atoms with Crippen molar-refractivity contribution >= 4 is 22.9 Å². The van der Waals surface area contributed by atoms with Gasteiger partial charge in [-0.05, 0) is 30.7 Å². The maximum absolute atomic E-state index is 14.1. The Morgan fingerprint density at radius 2 is 2.15 bits per heavy atom. The number of nitrogens with zero attached hydrogens (tertiary/aromatic N) is 3. The molecular weight excluding hydrogens is 277 g/mol. The van der Waals surface area contributed by atoms with Crippen LogP contribution >= 0.6 is 11.8 Å². The Bertz CT molecular complexity index is 742. The van der Waals surface area contributed by atoms with Crippen molar-refractivity contribution in [2.75, 3.05) is 6.54 Å². The van der Waals surface area contributed by atoms with Gasteiger partial charge in [-0.25, -0.2) is 19.3 Å². The molecule has 7 heteroatoms. The number of hydrogen-bond acceptors (Lipinski definition) is 5. The molecule has 0 bridgehead atoms. The molecule has 0 saturated heterocycles. The average molecular weight is 289 g/mol. The Morgan fingerprint density at radius 3 is 2.95 bits per heavy atom. The number of halogens is 1. The molecule has 20 heavy (non-hydrogen) atoms. The lowest BCUT2D eigenvalue weighted by Crippen LogP contribution is -2.03. The Balaban J connectivity index is 1.93. The van der Waals surface area contributed by atoms with Crippen molar-refractivity contribution in [3.8, 4) is 0 Å². The summed E-state index contributed by atoms with van der Waals surface area (Å²) >= 11 is 1.25. The minimum Gasteiger partial charge on any atom is -0.341 e. The lowest BCUT2D eigenvalue weighted by atomic mass is 10.1. The van der Waals surface area contributed by atoms with E-state index in [0.717, 1.165) is 5.56 Å². The first-order valence-electron chi connectivity index (χ1n) is 6.08. The zero-order valence-corrected chi connectivity index (χ0v) is 11.3. The first kappa shape index (κ1) is 13.0. The van der Waals surface area contributed by atoms with Gasteiger partial charge in [-0.3, -0.25) is 0 Å². The third-order valence-electron chi connectivity index (χ3n) is 2.82. The van der Waals surface area contributed by atoms with E-state index in [2.05, 4.69) is 19.9 Å². The summed E-state index contributed by atoms with van der Waals surface area (Å²) in [5, 5.41) is 0.651. The van der Waals surface area contributed by atoms with Crippen molar-refractivity contribution in [1.82, 2.24) is 19.9 Å². The number of rotatable bonds is 4. The smallest absolute Gasteiger partial charge is 0.181 e. The Morgan fingerprint density at radius 1 is 1.25 bits per heavy atom. The number of hydrogen-bond donors (Lipinski definition) is 2. The quantitative estimate of drug-likeness (QED) is 0.719. The van der Waals surface area contributed by atoms with Gasteiger partial charge >= 0.3 is 0 Å². The number of aromatic nitrogens is 4. The SMILES string of the molecule is NCCc1ccc(Sc2ncnc3nc[nH]c23)c(F)c1. The van der Waals surface area contributed by atoms with Gasteiger partial charge in [0.05, 0.1) is 6.33 Å². The van der Waals surface area contributed by atoms with Crippen LogP contribution < -0.4 is 5.73 Å². The van der Waals surface area contributed by atoms with Gasteiger partial charge < -0.3 is 10.7 Å². The number of nitrogens with one attached hydrogen (secondary N) is 1. The summed E-state index contributed by atoms with van der Waals surface area (Å²) in [4.78, 5) is 15.7. The zero-order chi connectivity index (χ0) is 13.9. The van der Waals surface area contributed by atoms with Crippen LogP contribution in [0.15, 0.2) is 40.8 Å². The van der Waals surface area contributed by atoms with Crippen LogP contribution in [0, 0.1) is 5.82 Å². The number of imidazole rings is 1. The zero-order valence-electron chi connectivity index (χ0n) is 10.5. The number of aromatic amines is 1. The second kappa shape index (κ2) is 5.56. The summed E-state index contributed by atoms with van der Waals surface area (Å²) in [6.45, 7) is 0.507. The number of fused-ring (bicyclic) bond motifs is 1. The molecular formula is C13H12FN5S. The molecule has 5 nitrogen and oxygen atoms in total. The molecule has 0 aliphatic heterocycles. The summed E-state index contributed by atoms with van der Waals surface area (Å²) in [6, 6.07) is 5.14. The summed E-state index contributed by atoms with van der Waals surface area (Å²) in [5.74, 6) is -0.271. The number of benzene rings is 1. The predicted molar refractivity (Wildman–Crippen MR) is 75.0 cm³/mol. The van der Waals surface area contributed by atoms with Crippen molar-refractivity contribution in [3.63, 3.8) is 0 Å². The maximum Gasteiger partial charge on any atom is 0.181 e. The minimum atomic E-state index is -0.271. The van der Waals surface area contributed by atoms with Crippen LogP contribution in [0.1, 0.15) is 5.56 Å². The molecule has 1 aromatic carbocycles. The molecule has 3 rings (SSSR count). The predicted octanol–water partition coefficient (Wildman–Crippen LogP) is 2.14. The number of nitrogens with two attached hydrogens (primary N) is 1. The largest absolute Gasteiger partial charge is 0.341 e. The van der Waals surface area contributed by atoms with Crippen LogP contribution in [0.5, 0.6) is 0 Å². The molecule has 0 amide bonds. The molecule has 0 radical (unpaired) electrons. The van der Waals surface area contributed by atoms with Crippen LogP contribution in [0.2, 0.25) is 0 Å². The van der Waals surface area contributed by atoms with Crippen molar-refractivity contribution < 1.29 is 4.39 Å². The normalized spacial score (nSPS) is 11.1. The van der Waals surface area contributed by atoms with E-state index < -0.39 is 0 Å². The summed E-state index contributed by atoms with van der Waals surface area (Å²) in [5.41, 5.74) is 7.64. The highest BCUT2D eigenvalue weighted by Gasteiger charge is 2.11. The number of H-pyrrole nitrogens is 1. The first-order valence-corrected chi connectivity index (χ1v) is 6.90. The van der Waals surface area contributed by atoms with Crippen LogP contribution in [0.3, 0.4) is 0 Å². The van der Waals surface area contributed by atoms with E-state index in [-0.39, 0.29) is 5.82 Å². The molecule has 0 unspecified atom stereocenters. The van der Waals surface area contributed by atoms with Gasteiger partial charge in [0.15, 0.2) is 5.65 Å². The first-order chi connectivity index (χ1) is 9.78. The molecule has 102 valence electrons. The summed E-state index contributed by atoms with van der Waals surface area (Å²) in [7, 11) is 0. The van der Waals surface area contributed by atoms with Crippen LogP contribution in [-0.4, -0.2) is 26.5 Å². The maximum atomic E-state index is 14.1. The van der Waals surface area contributed by atoms with Crippen LogP contribution in [0.4, 0.5) is 4.39 Å². The monoisotopic (exact) mass is 289 g/mol. The van der Waals surface area contributed by atoms with Crippen molar-refractivity contribution in [2.24, 2.45) is 5.73 Å². The van der Waals surface area contributed by atoms with Gasteiger partial charge in [-0.1, -0.05) is 17.8 Å². The second-order valence-corrected chi connectivity index (χ2v) is 5.22. The van der Waals surface area contributed by atoms with Gasteiger partial charge in [-0.15, -0.1) is 0 Å². The van der Waals surface area contributed by atoms with E-state index >= 15 is 0 Å². The highest BCUT2D eigenvalue weighted by Crippen LogP contribution is 2.31. The molecule has 0 atom stereocenters. The van der Waals surface area contributed by atoms with E-state index in [1.54, 1.807) is 12.4 Å². The minimum absolute atomic E-state index is 0.271. The van der Waals surface area contributed by atoms with Crippen molar-refractivity contribution in [2.45, 2.75) is 16.3 Å². The third kappa shape index (κ3) is 2.50. The van der Waals surface area contributed by atoms with E-state index in [9.17, 15) is 4.39 Å². The molecule has 2 aromatic heterocycles. The van der Waals surface area contributed by atoms with E-state index in [4.69, 9.17) is 5.73 Å². The Labute approximate surface area is 118 Å². The van der Waals surface area contributed by atoms with Crippen LogP contribution in [-0.2, 0) is 6.42 Å². The molecule has 0 aliphatic rings. The molecule has 0 aliphatic carbocycles. The van der Waals surface area contributed by atoms with Gasteiger partial charge in [0.25, 0.3) is 0 Å². The van der Waals surface area contributed by atoms with Crippen molar-refractivity contribution in [3.05, 3.63) is 42.2 Å². The van der Waals surface area contributed by atoms with Crippen molar-refractivity contribution in [1.29, 1.82) is 0 Å². The van der Waals surface area contributed by atoms with Gasteiger partial charge in [0, 0.05) is 4.90 Å². The van der Waals surface area contributed by atoms with Gasteiger partial charge in [-0.2, -0.15) is 0 Å². The summed E-state index contributed by atoms with van der Waals surface area (Å²) in [6.07, 6.45) is 3.64. The highest BCUT2D eigenvalue weighted by molar-refractivity contribution is 7.99. The summed E-state index contributed by atoms with van der Waals surface area (Å²) < 4.78 is 14.1. The molecule has 2 heterocycles. The lowest BCUT2D eigenvalue weighted by molar-refractivity contribution is 0.599. The Kier molecular flexibility index (Phi) is 3.62. The fourth-order valence-corrected chi connectivity index (χ4v) is 2.73. The lowest BCUT2D eigenvalue weighted by Gasteiger charge is -2.05. The van der Waals surface area contributed by atoms with E-state index in [1.807, 2.05) is 6.07 Å². The molecule has 3 aromatic rings. The molecule has 0 saturated carbocycles. The fourth-order valence-electron chi connectivity index (χ4n) is 1.87. The van der Waals surface area contributed by atoms with E-state index in [0.29, 0.717) is 34.1 Å². The second-order valence-electron chi connectivity index (χ2n) is 4.19. The van der Waals surface area contributed by atoms with E-state index in [1.165, 1.54) is 24.2 Å². The van der Waals surface area contributed by atoms with Gasteiger partial charge in [0.2, 0.25) is 0 Å². The Hall–Kier alpha value is -1.99. The van der Waals surface area contributed by atoms with Crippen LogP contribution in [0.25, 0.3) is 11.2 Å². The molecule has 0 fully saturated rings. The third-order valence-corrected chi connectivity index (χ3v) is 3.88. The van der Waals surface area contributed by atoms with Gasteiger partial charge in [0.1, 0.15) is 22.7 Å². The molecule has 0 spiro atoms. The topological polar surface area (TPSA) is 80.5 Å². The standard InChI is InChI=1S/C13H12FN5S/c14-9-5-8(3-4-15)1-2-10(9)20-13-11-12(17-6-16-11)18-7-19-13/h1-2,5-7H,3-4,15H2,(H,16,17,18,19). The molecule has 3 N–H and O–H groups in total. The fraction of sp³-hybridized carbons (Fsp3) is 0.154.